The van der Waals surface area contributed by atoms with Crippen LogP contribution >= 0.6 is 0 Å². The van der Waals surface area contributed by atoms with Gasteiger partial charge in [-0.05, 0) is 54.5 Å². The van der Waals surface area contributed by atoms with Crippen LogP contribution in [0.4, 0.5) is 11.4 Å². The first-order valence-corrected chi connectivity index (χ1v) is 16.0. The zero-order valence-electron chi connectivity index (χ0n) is 27.3. The maximum atomic E-state index is 6.93. The molecule has 0 saturated heterocycles. The highest BCUT2D eigenvalue weighted by Gasteiger charge is 2.56. The molecular formula is C40H38N4O2. The summed E-state index contributed by atoms with van der Waals surface area (Å²) >= 11 is 0. The molecule has 0 radical (unpaired) electrons. The van der Waals surface area contributed by atoms with Crippen LogP contribution in [0.3, 0.4) is 0 Å². The van der Waals surface area contributed by atoms with Gasteiger partial charge in [-0.2, -0.15) is 0 Å². The Morgan fingerprint density at radius 3 is 1.33 bits per heavy atom. The van der Waals surface area contributed by atoms with Gasteiger partial charge in [0.15, 0.2) is 0 Å². The van der Waals surface area contributed by atoms with E-state index in [1.165, 1.54) is 33.4 Å². The van der Waals surface area contributed by atoms with Crippen molar-refractivity contribution in [2.24, 2.45) is 0 Å². The Morgan fingerprint density at radius 1 is 0.478 bits per heavy atom. The van der Waals surface area contributed by atoms with Gasteiger partial charge in [-0.3, -0.25) is 9.80 Å². The standard InChI is InChI=1S/C40H38N4O2/c1-41(2)27-15-17-31-35(19-27)45-37-22-38-34(21-33(37)39(31)29-13-9-7-11-25(29)23-43(39)5)40(30-14-10-8-12-26(30)24-44(40)6)32-18-16-28(42(3)4)20-36(32)46-38/h7-22H,23-24H2,1-6H3. The third-order valence-corrected chi connectivity index (χ3v) is 10.8. The average molecular weight is 607 g/mol. The highest BCUT2D eigenvalue weighted by Crippen LogP contribution is 2.63. The van der Waals surface area contributed by atoms with E-state index in [0.717, 1.165) is 58.6 Å². The van der Waals surface area contributed by atoms with Crippen molar-refractivity contribution in [3.05, 3.63) is 142 Å². The summed E-state index contributed by atoms with van der Waals surface area (Å²) in [6.45, 7) is 1.70. The normalized spacial score (nSPS) is 21.9. The van der Waals surface area contributed by atoms with E-state index in [4.69, 9.17) is 9.47 Å². The molecule has 0 N–H and O–H groups in total. The Balaban J connectivity index is 1.38. The van der Waals surface area contributed by atoms with Gasteiger partial charge in [0.2, 0.25) is 0 Å². The van der Waals surface area contributed by atoms with Crippen molar-refractivity contribution in [3.8, 4) is 23.0 Å². The molecule has 0 amide bonds. The molecule has 46 heavy (non-hydrogen) atoms. The van der Waals surface area contributed by atoms with E-state index in [1.54, 1.807) is 0 Å². The third kappa shape index (κ3) is 3.33. The number of rotatable bonds is 2. The smallest absolute Gasteiger partial charge is 0.136 e. The van der Waals surface area contributed by atoms with E-state index < -0.39 is 11.1 Å². The average Bonchev–Trinajstić information content (AvgIpc) is 3.51. The van der Waals surface area contributed by atoms with Gasteiger partial charge in [0.05, 0.1) is 0 Å². The molecule has 0 aliphatic carbocycles. The Hall–Kier alpha value is -4.78. The van der Waals surface area contributed by atoms with Crippen LogP contribution in [0.5, 0.6) is 23.0 Å². The van der Waals surface area contributed by atoms with Crippen molar-refractivity contribution in [2.45, 2.75) is 24.2 Å². The first-order chi connectivity index (χ1) is 22.2. The molecule has 5 aromatic rings. The van der Waals surface area contributed by atoms with Gasteiger partial charge in [-0.1, -0.05) is 60.7 Å². The number of anilines is 2. The molecule has 230 valence electrons. The molecule has 6 heteroatoms. The highest BCUT2D eigenvalue weighted by atomic mass is 16.5. The fourth-order valence-electron chi connectivity index (χ4n) is 8.75. The summed E-state index contributed by atoms with van der Waals surface area (Å²) in [5.74, 6) is 3.43. The number of hydrogen-bond acceptors (Lipinski definition) is 6. The third-order valence-electron chi connectivity index (χ3n) is 10.8. The lowest BCUT2D eigenvalue weighted by atomic mass is 9.70. The van der Waals surface area contributed by atoms with Gasteiger partial charge in [0.1, 0.15) is 34.1 Å². The van der Waals surface area contributed by atoms with Crippen molar-refractivity contribution >= 4 is 11.4 Å². The minimum Gasteiger partial charge on any atom is -0.456 e. The summed E-state index contributed by atoms with van der Waals surface area (Å²) in [5.41, 5.74) is 11.1. The molecule has 2 atom stereocenters. The number of fused-ring (bicyclic) bond motifs is 12. The molecule has 0 aromatic heterocycles. The van der Waals surface area contributed by atoms with Gasteiger partial charge in [0, 0.05) is 93.1 Å². The topological polar surface area (TPSA) is 31.4 Å². The van der Waals surface area contributed by atoms with Crippen LogP contribution in [-0.2, 0) is 24.2 Å². The number of nitrogens with zero attached hydrogens (tertiary/aromatic N) is 4. The van der Waals surface area contributed by atoms with Gasteiger partial charge in [-0.15, -0.1) is 0 Å². The second kappa shape index (κ2) is 9.38. The number of benzene rings is 5. The van der Waals surface area contributed by atoms with Gasteiger partial charge >= 0.3 is 0 Å². The molecule has 4 aliphatic rings. The van der Waals surface area contributed by atoms with Crippen LogP contribution in [0.15, 0.2) is 97.1 Å². The Labute approximate surface area is 271 Å². The van der Waals surface area contributed by atoms with Crippen molar-refractivity contribution in [2.75, 3.05) is 52.1 Å². The zero-order chi connectivity index (χ0) is 31.5. The first kappa shape index (κ1) is 27.5. The molecule has 9 rings (SSSR count). The monoisotopic (exact) mass is 606 g/mol. The number of hydrogen-bond donors (Lipinski definition) is 0. The van der Waals surface area contributed by atoms with Crippen molar-refractivity contribution < 1.29 is 9.47 Å². The molecule has 4 aliphatic heterocycles. The zero-order valence-corrected chi connectivity index (χ0v) is 27.3. The van der Waals surface area contributed by atoms with Crippen LogP contribution < -0.4 is 19.3 Å². The van der Waals surface area contributed by atoms with Crippen LogP contribution in [-0.4, -0.2) is 52.1 Å². The lowest BCUT2D eigenvalue weighted by Gasteiger charge is -2.47. The molecular weight excluding hydrogens is 568 g/mol. The summed E-state index contributed by atoms with van der Waals surface area (Å²) in [4.78, 5) is 9.26. The van der Waals surface area contributed by atoms with Crippen LogP contribution in [0, 0.1) is 0 Å². The van der Waals surface area contributed by atoms with Crippen molar-refractivity contribution in [1.82, 2.24) is 9.80 Å². The SMILES string of the molecule is CN(C)c1ccc2c(c1)Oc1cc3c(cc1C21c2ccccc2CN1C)C1(c2ccccc2CN1C)c1ccc(N(C)C)cc1O3. The minimum absolute atomic E-state index is 0.522. The Morgan fingerprint density at radius 2 is 0.891 bits per heavy atom. The maximum Gasteiger partial charge on any atom is 0.136 e. The van der Waals surface area contributed by atoms with Crippen LogP contribution in [0.2, 0.25) is 0 Å². The maximum absolute atomic E-state index is 6.93. The van der Waals surface area contributed by atoms with Gasteiger partial charge in [-0.25, -0.2) is 0 Å². The molecule has 5 aromatic carbocycles. The molecule has 0 bridgehead atoms. The summed E-state index contributed by atoms with van der Waals surface area (Å²) in [6.07, 6.45) is 0. The Bertz CT molecular complexity index is 1940. The molecule has 6 nitrogen and oxygen atoms in total. The minimum atomic E-state index is -0.522. The predicted octanol–water partition coefficient (Wildman–Crippen LogP) is 7.50. The Kier molecular flexibility index (Phi) is 5.61. The second-order valence-corrected chi connectivity index (χ2v) is 13.6. The van der Waals surface area contributed by atoms with Gasteiger partial charge in [0.25, 0.3) is 0 Å². The van der Waals surface area contributed by atoms with Gasteiger partial charge < -0.3 is 19.3 Å². The number of ether oxygens (including phenoxy) is 2. The van der Waals surface area contributed by atoms with E-state index >= 15 is 0 Å². The summed E-state index contributed by atoms with van der Waals surface area (Å²) < 4.78 is 13.9. The predicted molar refractivity (Wildman–Crippen MR) is 184 cm³/mol. The molecule has 2 unspecified atom stereocenters. The van der Waals surface area contributed by atoms with Crippen molar-refractivity contribution in [3.63, 3.8) is 0 Å². The summed E-state index contributed by atoms with van der Waals surface area (Å²) in [6, 6.07) is 35.7. The second-order valence-electron chi connectivity index (χ2n) is 13.6. The van der Waals surface area contributed by atoms with E-state index in [1.807, 2.05) is 0 Å². The van der Waals surface area contributed by atoms with E-state index in [9.17, 15) is 0 Å². The summed E-state index contributed by atoms with van der Waals surface area (Å²) in [7, 11) is 12.8. The van der Waals surface area contributed by atoms with Crippen LogP contribution in [0.25, 0.3) is 0 Å². The van der Waals surface area contributed by atoms with Crippen molar-refractivity contribution in [1.29, 1.82) is 0 Å². The lowest BCUT2D eigenvalue weighted by Crippen LogP contribution is -2.45. The fraction of sp³-hybridized carbons (Fsp3) is 0.250. The van der Waals surface area contributed by atoms with E-state index in [2.05, 4.69) is 159 Å². The molecule has 0 saturated carbocycles. The first-order valence-electron chi connectivity index (χ1n) is 16.0. The molecule has 4 heterocycles. The van der Waals surface area contributed by atoms with E-state index in [-0.39, 0.29) is 0 Å². The summed E-state index contributed by atoms with van der Waals surface area (Å²) in [5, 5.41) is 0. The molecule has 0 fully saturated rings. The van der Waals surface area contributed by atoms with Crippen LogP contribution in [0.1, 0.15) is 44.5 Å². The molecule has 2 spiro atoms. The quantitative estimate of drug-likeness (QED) is 0.207. The lowest BCUT2D eigenvalue weighted by molar-refractivity contribution is 0.194. The highest BCUT2D eigenvalue weighted by molar-refractivity contribution is 5.74. The largest absolute Gasteiger partial charge is 0.456 e. The fourth-order valence-corrected chi connectivity index (χ4v) is 8.75. The van der Waals surface area contributed by atoms with E-state index in [0.29, 0.717) is 0 Å².